The summed E-state index contributed by atoms with van der Waals surface area (Å²) in [6, 6.07) is 8.65. The second kappa shape index (κ2) is 8.80. The van der Waals surface area contributed by atoms with Crippen molar-refractivity contribution >= 4 is 6.03 Å². The lowest BCUT2D eigenvalue weighted by Gasteiger charge is -2.37. The molecule has 3 aliphatic rings. The zero-order valence-electron chi connectivity index (χ0n) is 17.0. The summed E-state index contributed by atoms with van der Waals surface area (Å²) in [6.07, 6.45) is 4.12. The lowest BCUT2D eigenvalue weighted by atomic mass is 9.99. The Balaban J connectivity index is 1.20. The molecule has 1 aromatic rings. The Kier molecular flexibility index (Phi) is 6.19. The largest absolute Gasteiger partial charge is 0.347 e. The van der Waals surface area contributed by atoms with Crippen LogP contribution in [0.4, 0.5) is 4.79 Å². The van der Waals surface area contributed by atoms with E-state index in [1.807, 2.05) is 4.90 Å². The number of nitrogens with one attached hydrogen (secondary N) is 1. The van der Waals surface area contributed by atoms with Crippen LogP contribution in [0.2, 0.25) is 0 Å². The molecular weight excluding hydrogens is 354 g/mol. The van der Waals surface area contributed by atoms with Crippen molar-refractivity contribution in [1.82, 2.24) is 15.1 Å². The lowest BCUT2D eigenvalue weighted by Crippen LogP contribution is -2.50. The summed E-state index contributed by atoms with van der Waals surface area (Å²) >= 11 is 0. The van der Waals surface area contributed by atoms with E-state index in [2.05, 4.69) is 41.4 Å². The molecule has 3 fully saturated rings. The third-order valence-corrected chi connectivity index (χ3v) is 6.38. The number of carbonyl (C=O) groups excluding carboxylic acids is 1. The topological polar surface area (TPSA) is 54.0 Å². The van der Waals surface area contributed by atoms with Crippen molar-refractivity contribution in [2.24, 2.45) is 5.92 Å². The van der Waals surface area contributed by atoms with Gasteiger partial charge in [0.25, 0.3) is 0 Å². The first kappa shape index (κ1) is 19.7. The van der Waals surface area contributed by atoms with Gasteiger partial charge in [-0.3, -0.25) is 4.90 Å². The van der Waals surface area contributed by atoms with Gasteiger partial charge in [0.1, 0.15) is 0 Å². The Labute approximate surface area is 168 Å². The Bertz CT molecular complexity index is 639. The number of hydrogen-bond donors (Lipinski definition) is 1. The number of benzene rings is 1. The average Bonchev–Trinajstić information content (AvgIpc) is 3.17. The van der Waals surface area contributed by atoms with E-state index < -0.39 is 5.79 Å². The van der Waals surface area contributed by atoms with E-state index in [-0.39, 0.29) is 6.03 Å². The summed E-state index contributed by atoms with van der Waals surface area (Å²) in [5.41, 5.74) is 2.49. The van der Waals surface area contributed by atoms with Crippen LogP contribution in [-0.2, 0) is 22.6 Å². The first-order chi connectivity index (χ1) is 13.6. The minimum Gasteiger partial charge on any atom is -0.347 e. The highest BCUT2D eigenvalue weighted by Gasteiger charge is 2.40. The fourth-order valence-corrected chi connectivity index (χ4v) is 4.37. The average molecular weight is 388 g/mol. The Morgan fingerprint density at radius 3 is 2.29 bits per heavy atom. The molecule has 1 aromatic carbocycles. The molecule has 0 aliphatic carbocycles. The van der Waals surface area contributed by atoms with E-state index in [0.29, 0.717) is 32.8 Å². The van der Waals surface area contributed by atoms with Crippen molar-refractivity contribution in [2.45, 2.75) is 51.5 Å². The van der Waals surface area contributed by atoms with E-state index in [1.165, 1.54) is 31.5 Å². The molecule has 4 rings (SSSR count). The maximum absolute atomic E-state index is 12.5. The molecule has 1 spiro atoms. The van der Waals surface area contributed by atoms with Crippen molar-refractivity contribution in [3.8, 4) is 0 Å². The maximum atomic E-state index is 12.5. The van der Waals surface area contributed by atoms with E-state index in [4.69, 9.17) is 9.47 Å². The summed E-state index contributed by atoms with van der Waals surface area (Å²) < 4.78 is 11.5. The third-order valence-electron chi connectivity index (χ3n) is 6.38. The molecule has 154 valence electrons. The molecule has 2 amide bonds. The summed E-state index contributed by atoms with van der Waals surface area (Å²) in [7, 11) is 0. The molecule has 0 aromatic heterocycles. The number of rotatable bonds is 4. The highest BCUT2D eigenvalue weighted by molar-refractivity contribution is 5.74. The molecule has 0 saturated carbocycles. The van der Waals surface area contributed by atoms with Gasteiger partial charge in [0.2, 0.25) is 0 Å². The number of piperidine rings is 2. The predicted molar refractivity (Wildman–Crippen MR) is 108 cm³/mol. The zero-order valence-corrected chi connectivity index (χ0v) is 17.0. The lowest BCUT2D eigenvalue weighted by molar-refractivity contribution is -0.181. The minimum atomic E-state index is -0.432. The van der Waals surface area contributed by atoms with Crippen molar-refractivity contribution in [2.75, 3.05) is 39.4 Å². The number of amides is 2. The quantitative estimate of drug-likeness (QED) is 0.863. The highest BCUT2D eigenvalue weighted by Crippen LogP contribution is 2.31. The smallest absolute Gasteiger partial charge is 0.317 e. The maximum Gasteiger partial charge on any atom is 0.317 e. The van der Waals surface area contributed by atoms with E-state index in [1.54, 1.807) is 0 Å². The van der Waals surface area contributed by atoms with Gasteiger partial charge in [0, 0.05) is 39.0 Å². The normalized spacial score (nSPS) is 23.2. The van der Waals surface area contributed by atoms with Crippen LogP contribution in [0.15, 0.2) is 24.3 Å². The van der Waals surface area contributed by atoms with Crippen molar-refractivity contribution in [3.63, 3.8) is 0 Å². The molecule has 1 N–H and O–H groups in total. The molecule has 0 radical (unpaired) electrons. The molecule has 0 atom stereocenters. The summed E-state index contributed by atoms with van der Waals surface area (Å²) in [5, 5.41) is 3.05. The molecule has 0 unspecified atom stereocenters. The van der Waals surface area contributed by atoms with Gasteiger partial charge in [-0.2, -0.15) is 0 Å². The minimum absolute atomic E-state index is 0.000593. The fourth-order valence-electron chi connectivity index (χ4n) is 4.37. The Morgan fingerprint density at radius 1 is 1.04 bits per heavy atom. The van der Waals surface area contributed by atoms with Gasteiger partial charge in [-0.15, -0.1) is 0 Å². The monoisotopic (exact) mass is 387 g/mol. The second-order valence-corrected chi connectivity index (χ2v) is 8.53. The van der Waals surface area contributed by atoms with E-state index >= 15 is 0 Å². The van der Waals surface area contributed by atoms with Gasteiger partial charge in [0.15, 0.2) is 5.79 Å². The second-order valence-electron chi connectivity index (χ2n) is 8.53. The number of ether oxygens (including phenoxy) is 2. The van der Waals surface area contributed by atoms with Gasteiger partial charge >= 0.3 is 6.03 Å². The van der Waals surface area contributed by atoms with Crippen molar-refractivity contribution in [3.05, 3.63) is 35.4 Å². The molecule has 6 heteroatoms. The molecule has 3 aliphatic heterocycles. The van der Waals surface area contributed by atoms with Crippen LogP contribution in [0.25, 0.3) is 0 Å². The van der Waals surface area contributed by atoms with Crippen LogP contribution >= 0.6 is 0 Å². The van der Waals surface area contributed by atoms with Gasteiger partial charge in [-0.25, -0.2) is 4.79 Å². The van der Waals surface area contributed by atoms with Crippen LogP contribution in [0.1, 0.15) is 43.7 Å². The Hall–Kier alpha value is -1.63. The number of likely N-dealkylation sites (tertiary alicyclic amines) is 2. The van der Waals surface area contributed by atoms with Crippen LogP contribution in [0.3, 0.4) is 0 Å². The number of carbonyl (C=O) groups is 1. The van der Waals surface area contributed by atoms with E-state index in [0.717, 1.165) is 30.9 Å². The molecule has 6 nitrogen and oxygen atoms in total. The summed E-state index contributed by atoms with van der Waals surface area (Å²) in [4.78, 5) is 16.9. The van der Waals surface area contributed by atoms with Gasteiger partial charge in [-0.05, 0) is 43.0 Å². The van der Waals surface area contributed by atoms with Crippen LogP contribution in [-0.4, -0.2) is 61.0 Å². The number of nitrogens with zero attached hydrogens (tertiary/aromatic N) is 2. The summed E-state index contributed by atoms with van der Waals surface area (Å²) in [5.74, 6) is 0.435. The first-order valence-corrected chi connectivity index (χ1v) is 10.7. The summed E-state index contributed by atoms with van der Waals surface area (Å²) in [6.45, 7) is 9.03. The van der Waals surface area contributed by atoms with Crippen LogP contribution < -0.4 is 5.32 Å². The molecule has 0 bridgehead atoms. The van der Waals surface area contributed by atoms with Crippen LogP contribution in [0.5, 0.6) is 0 Å². The molecule has 28 heavy (non-hydrogen) atoms. The number of urea groups is 1. The standard InChI is InChI=1S/C22H33N3O3/c1-18-6-10-24(11-7-18)17-20-4-2-19(3-5-20)16-23-21(26)25-12-8-22(9-13-25)27-14-15-28-22/h2-5,18H,6-17H2,1H3,(H,23,26). The molecule has 3 heterocycles. The van der Waals surface area contributed by atoms with Gasteiger partial charge in [0.05, 0.1) is 13.2 Å². The fraction of sp³-hybridized carbons (Fsp3) is 0.682. The highest BCUT2D eigenvalue weighted by atomic mass is 16.7. The van der Waals surface area contributed by atoms with Crippen molar-refractivity contribution < 1.29 is 14.3 Å². The van der Waals surface area contributed by atoms with E-state index in [9.17, 15) is 4.79 Å². The SMILES string of the molecule is CC1CCN(Cc2ccc(CNC(=O)N3CCC4(CC3)OCCO4)cc2)CC1. The van der Waals surface area contributed by atoms with Crippen molar-refractivity contribution in [1.29, 1.82) is 0 Å². The third kappa shape index (κ3) is 4.85. The molecular formula is C22H33N3O3. The van der Waals surface area contributed by atoms with Gasteiger partial charge < -0.3 is 19.7 Å². The van der Waals surface area contributed by atoms with Crippen LogP contribution in [0, 0.1) is 5.92 Å². The Morgan fingerprint density at radius 2 is 1.64 bits per heavy atom. The predicted octanol–water partition coefficient (Wildman–Crippen LogP) is 2.97. The molecule has 3 saturated heterocycles. The number of hydrogen-bond acceptors (Lipinski definition) is 4. The zero-order chi connectivity index (χ0) is 19.4. The first-order valence-electron chi connectivity index (χ1n) is 10.7. The van der Waals surface area contributed by atoms with Gasteiger partial charge in [-0.1, -0.05) is 31.2 Å².